The molecule has 2 fully saturated rings. The Morgan fingerprint density at radius 1 is 1.09 bits per heavy atom. The molecule has 4 unspecified atom stereocenters. The second-order valence-corrected chi connectivity index (χ2v) is 6.12. The number of alkyl halides is 1. The Kier molecular flexibility index (Phi) is 2.19. The third-order valence-electron chi connectivity index (χ3n) is 3.64. The van der Waals surface area contributed by atoms with Gasteiger partial charge in [0.15, 0.2) is 0 Å². The highest BCUT2D eigenvalue weighted by Gasteiger charge is 2.47. The molecular formula is C10H17I. The van der Waals surface area contributed by atoms with Gasteiger partial charge in [0, 0.05) is 3.92 Å². The number of halogens is 1. The summed E-state index contributed by atoms with van der Waals surface area (Å²) in [5.41, 5.74) is 0. The fourth-order valence-corrected chi connectivity index (χ4v) is 3.96. The molecule has 4 atom stereocenters. The van der Waals surface area contributed by atoms with Crippen LogP contribution < -0.4 is 0 Å². The summed E-state index contributed by atoms with van der Waals surface area (Å²) >= 11 is 2.63. The third kappa shape index (κ3) is 1.45. The Hall–Kier alpha value is 0.730. The summed E-state index contributed by atoms with van der Waals surface area (Å²) in [7, 11) is 0. The Morgan fingerprint density at radius 3 is 1.91 bits per heavy atom. The summed E-state index contributed by atoms with van der Waals surface area (Å²) < 4.78 is 1.03. The maximum absolute atomic E-state index is 2.63. The van der Waals surface area contributed by atoms with Gasteiger partial charge in [-0.2, -0.15) is 0 Å². The lowest BCUT2D eigenvalue weighted by molar-refractivity contribution is 0.306. The maximum atomic E-state index is 2.63. The molecule has 2 rings (SSSR count). The highest BCUT2D eigenvalue weighted by molar-refractivity contribution is 14.1. The van der Waals surface area contributed by atoms with Crippen LogP contribution in [0.4, 0.5) is 0 Å². The fraction of sp³-hybridized carbons (Fsp3) is 1.00. The van der Waals surface area contributed by atoms with Gasteiger partial charge in [0.05, 0.1) is 0 Å². The normalized spacial score (nSPS) is 56.5. The summed E-state index contributed by atoms with van der Waals surface area (Å²) in [6.07, 6.45) is 4.50. The molecule has 0 N–H and O–H groups in total. The predicted octanol–water partition coefficient (Wildman–Crippen LogP) is 3.49. The maximum Gasteiger partial charge on any atom is 0.0144 e. The van der Waals surface area contributed by atoms with Crippen molar-refractivity contribution in [1.82, 2.24) is 0 Å². The molecule has 2 saturated carbocycles. The standard InChI is InChI=1S/C10H17I/c1-6-3-4-7(2)10(6)8-5-9(8)11/h6-10H,3-5H2,1-2H3. The van der Waals surface area contributed by atoms with Gasteiger partial charge >= 0.3 is 0 Å². The minimum Gasteiger partial charge on any atom is -0.0823 e. The van der Waals surface area contributed by atoms with Gasteiger partial charge < -0.3 is 0 Å². The van der Waals surface area contributed by atoms with Crippen molar-refractivity contribution in [3.8, 4) is 0 Å². The van der Waals surface area contributed by atoms with Crippen LogP contribution in [0.1, 0.15) is 33.1 Å². The molecule has 0 nitrogen and oxygen atoms in total. The van der Waals surface area contributed by atoms with E-state index in [0.29, 0.717) is 0 Å². The second kappa shape index (κ2) is 2.90. The minimum atomic E-state index is 1.02. The Balaban J connectivity index is 2.00. The van der Waals surface area contributed by atoms with E-state index in [1.165, 1.54) is 19.3 Å². The summed E-state index contributed by atoms with van der Waals surface area (Å²) in [5, 5.41) is 0. The molecule has 11 heavy (non-hydrogen) atoms. The van der Waals surface area contributed by atoms with Crippen LogP contribution in [-0.4, -0.2) is 3.92 Å². The zero-order chi connectivity index (χ0) is 8.01. The molecule has 0 saturated heterocycles. The van der Waals surface area contributed by atoms with Crippen LogP contribution in [0.25, 0.3) is 0 Å². The van der Waals surface area contributed by atoms with Crippen LogP contribution in [0.15, 0.2) is 0 Å². The molecule has 0 bridgehead atoms. The van der Waals surface area contributed by atoms with Gasteiger partial charge in [0.1, 0.15) is 0 Å². The van der Waals surface area contributed by atoms with Crippen LogP contribution >= 0.6 is 22.6 Å². The quantitative estimate of drug-likeness (QED) is 0.502. The fourth-order valence-electron chi connectivity index (χ4n) is 2.90. The van der Waals surface area contributed by atoms with E-state index < -0.39 is 0 Å². The molecule has 64 valence electrons. The van der Waals surface area contributed by atoms with Gasteiger partial charge in [0.25, 0.3) is 0 Å². The van der Waals surface area contributed by atoms with E-state index in [0.717, 1.165) is 27.6 Å². The molecule has 0 spiro atoms. The van der Waals surface area contributed by atoms with E-state index in [2.05, 4.69) is 36.4 Å². The Labute approximate surface area is 83.3 Å². The number of rotatable bonds is 1. The SMILES string of the molecule is CC1CCC(C)C1C1CC1I. The van der Waals surface area contributed by atoms with Gasteiger partial charge in [0.2, 0.25) is 0 Å². The molecule has 0 aromatic carbocycles. The summed E-state index contributed by atoms with van der Waals surface area (Å²) in [4.78, 5) is 0. The van der Waals surface area contributed by atoms with Crippen molar-refractivity contribution in [2.45, 2.75) is 37.0 Å². The first kappa shape index (κ1) is 8.33. The van der Waals surface area contributed by atoms with Crippen LogP contribution in [0.3, 0.4) is 0 Å². The van der Waals surface area contributed by atoms with E-state index in [1.807, 2.05) is 0 Å². The van der Waals surface area contributed by atoms with Crippen LogP contribution in [-0.2, 0) is 0 Å². The Bertz CT molecular complexity index is 145. The van der Waals surface area contributed by atoms with Gasteiger partial charge in [-0.1, -0.05) is 49.3 Å². The van der Waals surface area contributed by atoms with Gasteiger partial charge in [-0.05, 0) is 30.1 Å². The zero-order valence-electron chi connectivity index (χ0n) is 7.39. The molecule has 0 heterocycles. The molecule has 1 heteroatoms. The van der Waals surface area contributed by atoms with E-state index >= 15 is 0 Å². The van der Waals surface area contributed by atoms with Gasteiger partial charge in [-0.15, -0.1) is 0 Å². The molecule has 0 aromatic heterocycles. The van der Waals surface area contributed by atoms with E-state index in [-0.39, 0.29) is 0 Å². The minimum absolute atomic E-state index is 1.02. The summed E-state index contributed by atoms with van der Waals surface area (Å²) in [5.74, 6) is 4.23. The first-order valence-corrected chi connectivity index (χ1v) is 6.08. The van der Waals surface area contributed by atoms with Crippen LogP contribution in [0.2, 0.25) is 0 Å². The average molecular weight is 264 g/mol. The monoisotopic (exact) mass is 264 g/mol. The van der Waals surface area contributed by atoms with Gasteiger partial charge in [-0.3, -0.25) is 0 Å². The Morgan fingerprint density at radius 2 is 1.55 bits per heavy atom. The lowest BCUT2D eigenvalue weighted by atomic mass is 9.87. The van der Waals surface area contributed by atoms with Crippen LogP contribution in [0, 0.1) is 23.7 Å². The molecular weight excluding hydrogens is 247 g/mol. The second-order valence-electron chi connectivity index (χ2n) is 4.52. The first-order chi connectivity index (χ1) is 5.20. The van der Waals surface area contributed by atoms with E-state index in [1.54, 1.807) is 0 Å². The molecule has 2 aliphatic carbocycles. The zero-order valence-corrected chi connectivity index (χ0v) is 9.54. The molecule has 0 radical (unpaired) electrons. The number of hydrogen-bond donors (Lipinski definition) is 0. The highest BCUT2D eigenvalue weighted by atomic mass is 127. The van der Waals surface area contributed by atoms with Crippen molar-refractivity contribution < 1.29 is 0 Å². The molecule has 0 amide bonds. The predicted molar refractivity (Wildman–Crippen MR) is 57.0 cm³/mol. The van der Waals surface area contributed by atoms with Crippen molar-refractivity contribution in [3.63, 3.8) is 0 Å². The topological polar surface area (TPSA) is 0 Å². The van der Waals surface area contributed by atoms with Crippen LogP contribution in [0.5, 0.6) is 0 Å². The average Bonchev–Trinajstić information content (AvgIpc) is 2.54. The lowest BCUT2D eigenvalue weighted by Gasteiger charge is -2.19. The lowest BCUT2D eigenvalue weighted by Crippen LogP contribution is -2.14. The van der Waals surface area contributed by atoms with E-state index in [9.17, 15) is 0 Å². The smallest absolute Gasteiger partial charge is 0.0144 e. The first-order valence-electron chi connectivity index (χ1n) is 4.84. The molecule has 0 aromatic rings. The van der Waals surface area contributed by atoms with Crippen molar-refractivity contribution in [3.05, 3.63) is 0 Å². The summed E-state index contributed by atoms with van der Waals surface area (Å²) in [6.45, 7) is 4.91. The number of hydrogen-bond acceptors (Lipinski definition) is 0. The largest absolute Gasteiger partial charge is 0.0823 e. The van der Waals surface area contributed by atoms with Gasteiger partial charge in [-0.25, -0.2) is 0 Å². The van der Waals surface area contributed by atoms with Crippen molar-refractivity contribution >= 4 is 22.6 Å². The highest BCUT2D eigenvalue weighted by Crippen LogP contribution is 2.53. The molecule has 2 aliphatic rings. The van der Waals surface area contributed by atoms with E-state index in [4.69, 9.17) is 0 Å². The molecule has 0 aliphatic heterocycles. The summed E-state index contributed by atoms with van der Waals surface area (Å²) in [6, 6.07) is 0. The van der Waals surface area contributed by atoms with Crippen molar-refractivity contribution in [1.29, 1.82) is 0 Å². The third-order valence-corrected chi connectivity index (χ3v) is 5.08. The van der Waals surface area contributed by atoms with Crippen molar-refractivity contribution in [2.24, 2.45) is 23.7 Å². The van der Waals surface area contributed by atoms with Crippen molar-refractivity contribution in [2.75, 3.05) is 0 Å².